The van der Waals surface area contributed by atoms with Crippen molar-refractivity contribution in [2.45, 2.75) is 37.6 Å². The van der Waals surface area contributed by atoms with E-state index in [1.54, 1.807) is 17.4 Å². The number of aryl methyl sites for hydroxylation is 1. The number of thioether (sulfide) groups is 1. The number of thiazole rings is 1. The SMILES string of the molecule is Cc1cc(O)nc(SCc2scnc2C(C)C)n1. The third kappa shape index (κ3) is 3.20. The maximum atomic E-state index is 9.42. The average Bonchev–Trinajstić information content (AvgIpc) is 2.73. The monoisotopic (exact) mass is 281 g/mol. The Morgan fingerprint density at radius 2 is 2.17 bits per heavy atom. The van der Waals surface area contributed by atoms with Gasteiger partial charge in [0.15, 0.2) is 5.16 Å². The van der Waals surface area contributed by atoms with E-state index in [9.17, 15) is 5.11 Å². The molecule has 0 radical (unpaired) electrons. The van der Waals surface area contributed by atoms with E-state index in [1.165, 1.54) is 16.6 Å². The molecule has 0 saturated heterocycles. The maximum Gasteiger partial charge on any atom is 0.215 e. The summed E-state index contributed by atoms with van der Waals surface area (Å²) in [4.78, 5) is 13.9. The van der Waals surface area contributed by atoms with Crippen LogP contribution in [-0.2, 0) is 5.75 Å². The highest BCUT2D eigenvalue weighted by Crippen LogP contribution is 2.28. The van der Waals surface area contributed by atoms with Crippen LogP contribution in [0.5, 0.6) is 5.88 Å². The number of hydrogen-bond donors (Lipinski definition) is 1. The fourth-order valence-corrected chi connectivity index (χ4v) is 3.50. The van der Waals surface area contributed by atoms with Gasteiger partial charge < -0.3 is 5.11 Å². The van der Waals surface area contributed by atoms with Crippen molar-refractivity contribution in [3.05, 3.63) is 27.8 Å². The number of aromatic hydroxyl groups is 1. The second-order valence-electron chi connectivity index (χ2n) is 4.25. The van der Waals surface area contributed by atoms with Crippen LogP contribution in [0.15, 0.2) is 16.7 Å². The number of nitrogens with zero attached hydrogens (tertiary/aromatic N) is 3. The summed E-state index contributed by atoms with van der Waals surface area (Å²) in [6.07, 6.45) is 0. The summed E-state index contributed by atoms with van der Waals surface area (Å²) in [6.45, 7) is 6.12. The molecule has 2 aromatic heterocycles. The lowest BCUT2D eigenvalue weighted by atomic mass is 10.1. The zero-order valence-corrected chi connectivity index (χ0v) is 12.2. The molecule has 0 saturated carbocycles. The van der Waals surface area contributed by atoms with Gasteiger partial charge in [0.1, 0.15) is 0 Å². The van der Waals surface area contributed by atoms with E-state index in [4.69, 9.17) is 0 Å². The van der Waals surface area contributed by atoms with Gasteiger partial charge in [-0.3, -0.25) is 0 Å². The van der Waals surface area contributed by atoms with Crippen molar-refractivity contribution in [3.63, 3.8) is 0 Å². The number of aromatic nitrogens is 3. The van der Waals surface area contributed by atoms with Gasteiger partial charge in [0, 0.05) is 22.4 Å². The third-order valence-corrected chi connectivity index (χ3v) is 4.28. The van der Waals surface area contributed by atoms with Crippen molar-refractivity contribution >= 4 is 23.1 Å². The van der Waals surface area contributed by atoms with Crippen molar-refractivity contribution in [3.8, 4) is 5.88 Å². The highest BCUT2D eigenvalue weighted by atomic mass is 32.2. The van der Waals surface area contributed by atoms with Gasteiger partial charge in [-0.15, -0.1) is 11.3 Å². The second-order valence-corrected chi connectivity index (χ2v) is 6.14. The predicted octanol–water partition coefficient (Wildman–Crippen LogP) is 3.36. The standard InChI is InChI=1S/C12H15N3OS2/c1-7(2)11-9(18-6-13-11)5-17-12-14-8(3)4-10(16)15-12/h4,6-7H,5H2,1-3H3,(H,14,15,16). The molecule has 0 aliphatic carbocycles. The molecule has 4 nitrogen and oxygen atoms in total. The molecule has 6 heteroatoms. The molecule has 2 aromatic rings. The lowest BCUT2D eigenvalue weighted by molar-refractivity contribution is 0.444. The zero-order valence-electron chi connectivity index (χ0n) is 10.5. The summed E-state index contributed by atoms with van der Waals surface area (Å²) in [6, 6.07) is 1.55. The van der Waals surface area contributed by atoms with E-state index >= 15 is 0 Å². The zero-order chi connectivity index (χ0) is 13.1. The van der Waals surface area contributed by atoms with E-state index in [0.29, 0.717) is 11.1 Å². The molecule has 0 atom stereocenters. The molecular formula is C12H15N3OS2. The first kappa shape index (κ1) is 13.3. The molecule has 2 heterocycles. The van der Waals surface area contributed by atoms with Gasteiger partial charge in [-0.1, -0.05) is 25.6 Å². The molecule has 96 valence electrons. The normalized spacial score (nSPS) is 11.1. The predicted molar refractivity (Wildman–Crippen MR) is 74.2 cm³/mol. The lowest BCUT2D eigenvalue weighted by Gasteiger charge is -2.05. The highest BCUT2D eigenvalue weighted by Gasteiger charge is 2.11. The van der Waals surface area contributed by atoms with E-state index in [0.717, 1.165) is 17.1 Å². The van der Waals surface area contributed by atoms with E-state index in [-0.39, 0.29) is 5.88 Å². The second kappa shape index (κ2) is 5.67. The third-order valence-electron chi connectivity index (χ3n) is 2.37. The van der Waals surface area contributed by atoms with Crippen LogP contribution < -0.4 is 0 Å². The molecule has 0 spiro atoms. The van der Waals surface area contributed by atoms with Crippen LogP contribution in [0.4, 0.5) is 0 Å². The topological polar surface area (TPSA) is 58.9 Å². The van der Waals surface area contributed by atoms with Gasteiger partial charge in [0.05, 0.1) is 11.2 Å². The van der Waals surface area contributed by atoms with Crippen LogP contribution in [0.3, 0.4) is 0 Å². The number of rotatable bonds is 4. The summed E-state index contributed by atoms with van der Waals surface area (Å²) in [7, 11) is 0. The molecule has 2 rings (SSSR count). The molecule has 1 N–H and O–H groups in total. The van der Waals surface area contributed by atoms with Crippen LogP contribution in [0.2, 0.25) is 0 Å². The van der Waals surface area contributed by atoms with Crippen molar-refractivity contribution in [1.82, 2.24) is 15.0 Å². The molecule has 18 heavy (non-hydrogen) atoms. The van der Waals surface area contributed by atoms with Gasteiger partial charge in [0.25, 0.3) is 0 Å². The Kier molecular flexibility index (Phi) is 4.19. The van der Waals surface area contributed by atoms with Crippen molar-refractivity contribution in [1.29, 1.82) is 0 Å². The largest absolute Gasteiger partial charge is 0.493 e. The molecule has 0 aromatic carbocycles. The molecule has 0 fully saturated rings. The fourth-order valence-electron chi connectivity index (χ4n) is 1.58. The minimum absolute atomic E-state index is 0.0263. The minimum Gasteiger partial charge on any atom is -0.493 e. The van der Waals surface area contributed by atoms with Crippen LogP contribution in [-0.4, -0.2) is 20.1 Å². The average molecular weight is 281 g/mol. The molecular weight excluding hydrogens is 266 g/mol. The van der Waals surface area contributed by atoms with Crippen LogP contribution >= 0.6 is 23.1 Å². The Labute approximate surface area is 115 Å². The smallest absolute Gasteiger partial charge is 0.215 e. The summed E-state index contributed by atoms with van der Waals surface area (Å²) in [5, 5.41) is 10.0. The quantitative estimate of drug-likeness (QED) is 0.688. The van der Waals surface area contributed by atoms with E-state index in [2.05, 4.69) is 28.8 Å². The van der Waals surface area contributed by atoms with Crippen molar-refractivity contribution < 1.29 is 5.11 Å². The van der Waals surface area contributed by atoms with Crippen LogP contribution in [0, 0.1) is 6.92 Å². The Morgan fingerprint density at radius 1 is 1.39 bits per heavy atom. The van der Waals surface area contributed by atoms with Crippen LogP contribution in [0.1, 0.15) is 36.0 Å². The summed E-state index contributed by atoms with van der Waals surface area (Å²) < 4.78 is 0. The fraction of sp³-hybridized carbons (Fsp3) is 0.417. The Morgan fingerprint density at radius 3 is 2.83 bits per heavy atom. The van der Waals surface area contributed by atoms with Gasteiger partial charge >= 0.3 is 0 Å². The van der Waals surface area contributed by atoms with Gasteiger partial charge in [-0.2, -0.15) is 4.98 Å². The molecule has 0 amide bonds. The summed E-state index contributed by atoms with van der Waals surface area (Å²) in [5.41, 5.74) is 3.79. The first-order valence-corrected chi connectivity index (χ1v) is 7.52. The van der Waals surface area contributed by atoms with Crippen LogP contribution in [0.25, 0.3) is 0 Å². The molecule has 0 bridgehead atoms. The van der Waals surface area contributed by atoms with Gasteiger partial charge in [-0.05, 0) is 12.8 Å². The van der Waals surface area contributed by atoms with Gasteiger partial charge in [-0.25, -0.2) is 9.97 Å². The first-order valence-electron chi connectivity index (χ1n) is 5.66. The lowest BCUT2D eigenvalue weighted by Crippen LogP contribution is -1.94. The maximum absolute atomic E-state index is 9.42. The van der Waals surface area contributed by atoms with Gasteiger partial charge in [0.2, 0.25) is 5.88 Å². The first-order chi connectivity index (χ1) is 8.56. The molecule has 0 aliphatic heterocycles. The number of hydrogen-bond acceptors (Lipinski definition) is 6. The van der Waals surface area contributed by atoms with Crippen molar-refractivity contribution in [2.24, 2.45) is 0 Å². The Hall–Kier alpha value is -1.14. The highest BCUT2D eigenvalue weighted by molar-refractivity contribution is 7.98. The Bertz CT molecular complexity index is 520. The summed E-state index contributed by atoms with van der Waals surface area (Å²) >= 11 is 3.18. The van der Waals surface area contributed by atoms with E-state index in [1.807, 2.05) is 12.4 Å². The molecule has 0 unspecified atom stereocenters. The van der Waals surface area contributed by atoms with Crippen molar-refractivity contribution in [2.75, 3.05) is 0 Å². The molecule has 0 aliphatic rings. The van der Waals surface area contributed by atoms with E-state index < -0.39 is 0 Å². The Balaban J connectivity index is 2.09. The summed E-state index contributed by atoms with van der Waals surface area (Å²) in [5.74, 6) is 1.25. The minimum atomic E-state index is 0.0263.